The van der Waals surface area contributed by atoms with Gasteiger partial charge in [0.1, 0.15) is 0 Å². The number of fused-ring (bicyclic) bond motifs is 1. The molecule has 2 heterocycles. The molecule has 4 nitrogen and oxygen atoms in total. The van der Waals surface area contributed by atoms with Crippen molar-refractivity contribution < 1.29 is 0 Å². The van der Waals surface area contributed by atoms with Gasteiger partial charge in [-0.2, -0.15) is 5.10 Å². The molecular weight excluding hydrogens is 232 g/mol. The van der Waals surface area contributed by atoms with Gasteiger partial charge in [-0.1, -0.05) is 0 Å². The van der Waals surface area contributed by atoms with Gasteiger partial charge >= 0.3 is 0 Å². The van der Waals surface area contributed by atoms with E-state index >= 15 is 0 Å². The van der Waals surface area contributed by atoms with Crippen molar-refractivity contribution in [2.45, 2.75) is 13.5 Å². The molecule has 0 saturated carbocycles. The summed E-state index contributed by atoms with van der Waals surface area (Å²) in [6, 6.07) is 8.25. The highest BCUT2D eigenvalue weighted by Crippen LogP contribution is 2.21. The van der Waals surface area contributed by atoms with Crippen LogP contribution >= 0.6 is 11.3 Å². The minimum atomic E-state index is 0.722. The normalized spacial score (nSPS) is 10.9. The van der Waals surface area contributed by atoms with E-state index in [0.717, 1.165) is 29.1 Å². The molecule has 0 aliphatic rings. The smallest absolute Gasteiger partial charge is 0.0832 e. The molecule has 0 saturated heterocycles. The first-order chi connectivity index (χ1) is 8.31. The third-order valence-electron chi connectivity index (χ3n) is 2.56. The summed E-state index contributed by atoms with van der Waals surface area (Å²) in [5, 5.41) is 10.5. The fourth-order valence-electron chi connectivity index (χ4n) is 1.73. The number of benzene rings is 1. The second-order valence-corrected chi connectivity index (χ2v) is 4.82. The van der Waals surface area contributed by atoms with Crippen LogP contribution in [-0.4, -0.2) is 15.2 Å². The van der Waals surface area contributed by atoms with Crippen molar-refractivity contribution in [2.24, 2.45) is 0 Å². The molecule has 0 atom stereocenters. The van der Waals surface area contributed by atoms with E-state index in [2.05, 4.69) is 38.7 Å². The van der Waals surface area contributed by atoms with Crippen LogP contribution in [0.15, 0.2) is 29.8 Å². The zero-order valence-electron chi connectivity index (χ0n) is 9.40. The highest BCUT2D eigenvalue weighted by atomic mass is 32.1. The van der Waals surface area contributed by atoms with Gasteiger partial charge in [0, 0.05) is 11.4 Å². The molecule has 3 rings (SSSR count). The molecule has 0 fully saturated rings. The first kappa shape index (κ1) is 10.3. The van der Waals surface area contributed by atoms with Gasteiger partial charge in [-0.25, -0.2) is 4.98 Å². The Labute approximate surface area is 103 Å². The summed E-state index contributed by atoms with van der Waals surface area (Å²) >= 11 is 1.66. The maximum atomic E-state index is 4.30. The Hall–Kier alpha value is -1.88. The second-order valence-electron chi connectivity index (χ2n) is 3.93. The Kier molecular flexibility index (Phi) is 2.53. The lowest BCUT2D eigenvalue weighted by Gasteiger charge is -2.03. The van der Waals surface area contributed by atoms with Crippen LogP contribution < -0.4 is 5.32 Å². The van der Waals surface area contributed by atoms with Gasteiger partial charge in [-0.3, -0.25) is 5.10 Å². The first-order valence-electron chi connectivity index (χ1n) is 5.39. The molecule has 2 N–H and O–H groups in total. The van der Waals surface area contributed by atoms with Crippen LogP contribution in [0.4, 0.5) is 5.69 Å². The van der Waals surface area contributed by atoms with Crippen LogP contribution in [0.1, 0.15) is 11.4 Å². The van der Waals surface area contributed by atoms with E-state index in [4.69, 9.17) is 0 Å². The summed E-state index contributed by atoms with van der Waals surface area (Å²) in [6.07, 6.45) is 0. The van der Waals surface area contributed by atoms with Gasteiger partial charge in [0.15, 0.2) is 0 Å². The van der Waals surface area contributed by atoms with Crippen LogP contribution in [0.2, 0.25) is 0 Å². The van der Waals surface area contributed by atoms with Crippen molar-refractivity contribution in [1.82, 2.24) is 15.2 Å². The summed E-state index contributed by atoms with van der Waals surface area (Å²) in [6.45, 7) is 2.72. The highest BCUT2D eigenvalue weighted by Gasteiger charge is 2.00. The zero-order chi connectivity index (χ0) is 11.7. The van der Waals surface area contributed by atoms with Crippen molar-refractivity contribution in [2.75, 3.05) is 5.32 Å². The van der Waals surface area contributed by atoms with Gasteiger partial charge in [0.25, 0.3) is 0 Å². The Morgan fingerprint density at radius 2 is 2.29 bits per heavy atom. The van der Waals surface area contributed by atoms with Crippen LogP contribution in [-0.2, 0) is 6.54 Å². The molecule has 0 unspecified atom stereocenters. The van der Waals surface area contributed by atoms with E-state index in [1.165, 1.54) is 4.70 Å². The standard InChI is InChI=1S/C12H12N4S/c1-8-4-10(16-15-8)6-13-9-2-3-12-11(5-9)14-7-17-12/h2-5,7,13H,6H2,1H3,(H,15,16). The lowest BCUT2D eigenvalue weighted by Crippen LogP contribution is -1.99. The van der Waals surface area contributed by atoms with Crippen molar-refractivity contribution in [3.05, 3.63) is 41.2 Å². The fraction of sp³-hybridized carbons (Fsp3) is 0.167. The van der Waals surface area contributed by atoms with Crippen molar-refractivity contribution in [1.29, 1.82) is 0 Å². The number of rotatable bonds is 3. The zero-order valence-corrected chi connectivity index (χ0v) is 10.2. The van der Waals surface area contributed by atoms with Crippen LogP contribution in [0.25, 0.3) is 10.2 Å². The number of nitrogens with zero attached hydrogens (tertiary/aromatic N) is 2. The third kappa shape index (κ3) is 2.14. The number of H-pyrrole nitrogens is 1. The van der Waals surface area contributed by atoms with Gasteiger partial charge in [0.2, 0.25) is 0 Å². The van der Waals surface area contributed by atoms with Crippen molar-refractivity contribution >= 4 is 27.2 Å². The number of hydrogen-bond acceptors (Lipinski definition) is 4. The van der Waals surface area contributed by atoms with E-state index in [1.807, 2.05) is 18.5 Å². The number of aromatic amines is 1. The number of aromatic nitrogens is 3. The summed E-state index contributed by atoms with van der Waals surface area (Å²) in [4.78, 5) is 4.30. The molecule has 2 aromatic heterocycles. The van der Waals surface area contributed by atoms with Crippen molar-refractivity contribution in [3.63, 3.8) is 0 Å². The minimum absolute atomic E-state index is 0.722. The summed E-state index contributed by atoms with van der Waals surface area (Å²) in [7, 11) is 0. The van der Waals surface area contributed by atoms with Crippen molar-refractivity contribution in [3.8, 4) is 0 Å². The fourth-order valence-corrected chi connectivity index (χ4v) is 2.38. The number of anilines is 1. The Bertz CT molecular complexity index is 641. The lowest BCUT2D eigenvalue weighted by atomic mass is 10.3. The SMILES string of the molecule is Cc1cc(CNc2ccc3scnc3c2)n[nH]1. The van der Waals surface area contributed by atoms with E-state index in [0.29, 0.717) is 0 Å². The van der Waals surface area contributed by atoms with Gasteiger partial charge < -0.3 is 5.32 Å². The molecular formula is C12H12N4S. The largest absolute Gasteiger partial charge is 0.379 e. The quantitative estimate of drug-likeness (QED) is 0.744. The second kappa shape index (κ2) is 4.18. The molecule has 86 valence electrons. The Morgan fingerprint density at radius 3 is 3.12 bits per heavy atom. The average molecular weight is 244 g/mol. The predicted molar refractivity (Wildman–Crippen MR) is 70.3 cm³/mol. The highest BCUT2D eigenvalue weighted by molar-refractivity contribution is 7.16. The average Bonchev–Trinajstić information content (AvgIpc) is 2.94. The van der Waals surface area contributed by atoms with Gasteiger partial charge in [0.05, 0.1) is 28.0 Å². The molecule has 0 bridgehead atoms. The number of hydrogen-bond donors (Lipinski definition) is 2. The lowest BCUT2D eigenvalue weighted by molar-refractivity contribution is 0.968. The number of aryl methyl sites for hydroxylation is 1. The summed E-state index contributed by atoms with van der Waals surface area (Å²) < 4.78 is 1.21. The molecule has 0 radical (unpaired) electrons. The molecule has 0 aliphatic carbocycles. The van der Waals surface area contributed by atoms with Crippen LogP contribution in [0.3, 0.4) is 0 Å². The molecule has 5 heteroatoms. The molecule has 1 aromatic carbocycles. The monoisotopic (exact) mass is 244 g/mol. The number of thiazole rings is 1. The van der Waals surface area contributed by atoms with E-state index in [9.17, 15) is 0 Å². The van der Waals surface area contributed by atoms with E-state index in [1.54, 1.807) is 11.3 Å². The summed E-state index contributed by atoms with van der Waals surface area (Å²) in [5.41, 5.74) is 6.07. The topological polar surface area (TPSA) is 53.6 Å². The summed E-state index contributed by atoms with van der Waals surface area (Å²) in [5.74, 6) is 0. The van der Waals surface area contributed by atoms with Crippen LogP contribution in [0.5, 0.6) is 0 Å². The number of nitrogens with one attached hydrogen (secondary N) is 2. The predicted octanol–water partition coefficient (Wildman–Crippen LogP) is 2.94. The molecule has 0 amide bonds. The first-order valence-corrected chi connectivity index (χ1v) is 6.27. The van der Waals surface area contributed by atoms with E-state index in [-0.39, 0.29) is 0 Å². The maximum Gasteiger partial charge on any atom is 0.0832 e. The Balaban J connectivity index is 1.76. The minimum Gasteiger partial charge on any atom is -0.379 e. The van der Waals surface area contributed by atoms with E-state index < -0.39 is 0 Å². The molecule has 0 spiro atoms. The Morgan fingerprint density at radius 1 is 1.35 bits per heavy atom. The molecule has 17 heavy (non-hydrogen) atoms. The molecule has 3 aromatic rings. The maximum absolute atomic E-state index is 4.30. The van der Waals surface area contributed by atoms with Gasteiger partial charge in [-0.05, 0) is 31.2 Å². The van der Waals surface area contributed by atoms with Gasteiger partial charge in [-0.15, -0.1) is 11.3 Å². The molecule has 0 aliphatic heterocycles. The third-order valence-corrected chi connectivity index (χ3v) is 3.37. The van der Waals surface area contributed by atoms with Crippen LogP contribution in [0, 0.1) is 6.92 Å².